The quantitative estimate of drug-likeness (QED) is 0.748. The summed E-state index contributed by atoms with van der Waals surface area (Å²) in [6, 6.07) is 1.57. The second-order valence-corrected chi connectivity index (χ2v) is 5.18. The van der Waals surface area contributed by atoms with E-state index in [-0.39, 0.29) is 0 Å². The molecule has 2 N–H and O–H groups in total. The topological polar surface area (TPSA) is 32.5 Å². The monoisotopic (exact) mass is 211 g/mol. The summed E-state index contributed by atoms with van der Waals surface area (Å²) in [5.41, 5.74) is 5.79. The van der Waals surface area contributed by atoms with Gasteiger partial charge in [0, 0.05) is 31.7 Å². The van der Waals surface area contributed by atoms with Crippen LogP contribution in [0.3, 0.4) is 0 Å². The fourth-order valence-corrected chi connectivity index (χ4v) is 3.02. The van der Waals surface area contributed by atoms with E-state index >= 15 is 0 Å². The molecule has 3 atom stereocenters. The van der Waals surface area contributed by atoms with E-state index < -0.39 is 0 Å². The Morgan fingerprint density at radius 1 is 1.27 bits per heavy atom. The van der Waals surface area contributed by atoms with Crippen molar-refractivity contribution in [2.24, 2.45) is 11.7 Å². The van der Waals surface area contributed by atoms with Gasteiger partial charge in [-0.15, -0.1) is 0 Å². The van der Waals surface area contributed by atoms with Crippen LogP contribution in [0.2, 0.25) is 0 Å². The van der Waals surface area contributed by atoms with Crippen LogP contribution >= 0.6 is 0 Å². The third-order valence-electron chi connectivity index (χ3n) is 4.43. The van der Waals surface area contributed by atoms with Crippen LogP contribution in [0.5, 0.6) is 0 Å². The first-order valence-electron chi connectivity index (χ1n) is 6.40. The molecule has 0 spiro atoms. The van der Waals surface area contributed by atoms with Crippen LogP contribution in [-0.4, -0.2) is 55.1 Å². The van der Waals surface area contributed by atoms with Gasteiger partial charge in [-0.3, -0.25) is 4.90 Å². The van der Waals surface area contributed by atoms with Gasteiger partial charge in [-0.05, 0) is 38.8 Å². The highest BCUT2D eigenvalue weighted by Gasteiger charge is 2.37. The first-order chi connectivity index (χ1) is 7.26. The molecular formula is C12H25N3. The lowest BCUT2D eigenvalue weighted by atomic mass is 9.78. The third-order valence-corrected chi connectivity index (χ3v) is 4.43. The van der Waals surface area contributed by atoms with Crippen molar-refractivity contribution in [2.75, 3.05) is 33.2 Å². The molecule has 1 saturated heterocycles. The highest BCUT2D eigenvalue weighted by molar-refractivity contribution is 4.93. The van der Waals surface area contributed by atoms with E-state index in [9.17, 15) is 0 Å². The summed E-state index contributed by atoms with van der Waals surface area (Å²) in [5.74, 6) is 0.783. The minimum atomic E-state index is 0.762. The van der Waals surface area contributed by atoms with Gasteiger partial charge in [-0.2, -0.15) is 0 Å². The third kappa shape index (κ3) is 2.19. The molecule has 3 unspecified atom stereocenters. The van der Waals surface area contributed by atoms with Crippen molar-refractivity contribution in [3.63, 3.8) is 0 Å². The number of hydrogen-bond acceptors (Lipinski definition) is 3. The molecule has 1 aliphatic heterocycles. The van der Waals surface area contributed by atoms with E-state index in [1.54, 1.807) is 0 Å². The summed E-state index contributed by atoms with van der Waals surface area (Å²) in [6.07, 6.45) is 4.00. The maximum absolute atomic E-state index is 5.79. The highest BCUT2D eigenvalue weighted by atomic mass is 15.3. The Bertz CT molecular complexity index is 205. The van der Waals surface area contributed by atoms with Crippen LogP contribution in [0.4, 0.5) is 0 Å². The molecule has 1 aliphatic carbocycles. The molecule has 0 amide bonds. The van der Waals surface area contributed by atoms with Gasteiger partial charge in [-0.1, -0.05) is 6.92 Å². The van der Waals surface area contributed by atoms with E-state index in [1.807, 2.05) is 0 Å². The number of rotatable bonds is 3. The lowest BCUT2D eigenvalue weighted by molar-refractivity contribution is 0.00394. The van der Waals surface area contributed by atoms with Crippen molar-refractivity contribution in [1.29, 1.82) is 0 Å². The number of nitrogens with two attached hydrogens (primary N) is 1. The Kier molecular flexibility index (Phi) is 3.65. The number of hydrogen-bond donors (Lipinski definition) is 1. The summed E-state index contributed by atoms with van der Waals surface area (Å²) < 4.78 is 0. The SMILES string of the molecule is CCC1CN(C2CCC2CN)CCN1C. The zero-order chi connectivity index (χ0) is 10.8. The summed E-state index contributed by atoms with van der Waals surface area (Å²) in [5, 5.41) is 0. The Hall–Kier alpha value is -0.120. The first-order valence-corrected chi connectivity index (χ1v) is 6.40. The minimum absolute atomic E-state index is 0.762. The van der Waals surface area contributed by atoms with Crippen molar-refractivity contribution in [3.8, 4) is 0 Å². The molecule has 15 heavy (non-hydrogen) atoms. The van der Waals surface area contributed by atoms with Gasteiger partial charge in [0.1, 0.15) is 0 Å². The van der Waals surface area contributed by atoms with E-state index in [0.29, 0.717) is 0 Å². The molecule has 3 heteroatoms. The second-order valence-electron chi connectivity index (χ2n) is 5.18. The molecule has 2 rings (SSSR count). The zero-order valence-electron chi connectivity index (χ0n) is 10.2. The van der Waals surface area contributed by atoms with Crippen molar-refractivity contribution in [1.82, 2.24) is 9.80 Å². The molecule has 0 radical (unpaired) electrons. The lowest BCUT2D eigenvalue weighted by Gasteiger charge is -2.49. The normalized spacial score (nSPS) is 39.0. The highest BCUT2D eigenvalue weighted by Crippen LogP contribution is 2.32. The zero-order valence-corrected chi connectivity index (χ0v) is 10.2. The largest absolute Gasteiger partial charge is 0.330 e. The van der Waals surface area contributed by atoms with E-state index in [4.69, 9.17) is 5.73 Å². The second kappa shape index (κ2) is 4.81. The maximum Gasteiger partial charge on any atom is 0.0218 e. The predicted octanol–water partition coefficient (Wildman–Crippen LogP) is 0.750. The molecule has 1 heterocycles. The Labute approximate surface area is 93.6 Å². The predicted molar refractivity (Wildman–Crippen MR) is 63.8 cm³/mol. The van der Waals surface area contributed by atoms with E-state index in [0.717, 1.165) is 24.5 Å². The fourth-order valence-electron chi connectivity index (χ4n) is 3.02. The molecule has 88 valence electrons. The van der Waals surface area contributed by atoms with Gasteiger partial charge in [-0.25, -0.2) is 0 Å². The van der Waals surface area contributed by atoms with Gasteiger partial charge in [0.2, 0.25) is 0 Å². The minimum Gasteiger partial charge on any atom is -0.330 e. The Morgan fingerprint density at radius 2 is 2.07 bits per heavy atom. The van der Waals surface area contributed by atoms with E-state index in [2.05, 4.69) is 23.8 Å². The number of piperazine rings is 1. The molecule has 1 saturated carbocycles. The lowest BCUT2D eigenvalue weighted by Crippen LogP contribution is -2.59. The van der Waals surface area contributed by atoms with E-state index in [1.165, 1.54) is 38.9 Å². The van der Waals surface area contributed by atoms with Gasteiger partial charge >= 0.3 is 0 Å². The summed E-state index contributed by atoms with van der Waals surface area (Å²) in [7, 11) is 2.26. The molecule has 0 bridgehead atoms. The Morgan fingerprint density at radius 3 is 2.60 bits per heavy atom. The molecule has 3 nitrogen and oxygen atoms in total. The molecule has 0 aromatic carbocycles. The van der Waals surface area contributed by atoms with Crippen LogP contribution < -0.4 is 5.73 Å². The van der Waals surface area contributed by atoms with Gasteiger partial charge in [0.15, 0.2) is 0 Å². The van der Waals surface area contributed by atoms with Crippen LogP contribution in [0.1, 0.15) is 26.2 Å². The van der Waals surface area contributed by atoms with Crippen molar-refractivity contribution in [2.45, 2.75) is 38.3 Å². The Balaban J connectivity index is 1.88. The average Bonchev–Trinajstić information content (AvgIpc) is 2.20. The number of likely N-dealkylation sites (N-methyl/N-ethyl adjacent to an activating group) is 1. The van der Waals surface area contributed by atoms with Crippen molar-refractivity contribution >= 4 is 0 Å². The maximum atomic E-state index is 5.79. The standard InChI is InChI=1S/C12H25N3/c1-3-11-9-15(7-6-14(11)2)12-5-4-10(12)8-13/h10-12H,3-9,13H2,1-2H3. The molecule has 0 aromatic heterocycles. The van der Waals surface area contributed by atoms with Crippen LogP contribution in [0.15, 0.2) is 0 Å². The van der Waals surface area contributed by atoms with Crippen LogP contribution in [-0.2, 0) is 0 Å². The molecule has 0 aromatic rings. The summed E-state index contributed by atoms with van der Waals surface area (Å²) in [4.78, 5) is 5.20. The van der Waals surface area contributed by atoms with Crippen molar-refractivity contribution < 1.29 is 0 Å². The summed E-state index contributed by atoms with van der Waals surface area (Å²) in [6.45, 7) is 6.91. The average molecular weight is 211 g/mol. The molecule has 2 fully saturated rings. The van der Waals surface area contributed by atoms with Gasteiger partial charge in [0.05, 0.1) is 0 Å². The fraction of sp³-hybridized carbons (Fsp3) is 1.00. The molecular weight excluding hydrogens is 186 g/mol. The van der Waals surface area contributed by atoms with Crippen LogP contribution in [0.25, 0.3) is 0 Å². The van der Waals surface area contributed by atoms with Gasteiger partial charge in [0.25, 0.3) is 0 Å². The first kappa shape index (κ1) is 11.4. The molecule has 2 aliphatic rings. The van der Waals surface area contributed by atoms with Crippen molar-refractivity contribution in [3.05, 3.63) is 0 Å². The summed E-state index contributed by atoms with van der Waals surface area (Å²) >= 11 is 0. The van der Waals surface area contributed by atoms with Crippen LogP contribution in [0, 0.1) is 5.92 Å². The number of nitrogens with zero attached hydrogens (tertiary/aromatic N) is 2. The van der Waals surface area contributed by atoms with Gasteiger partial charge < -0.3 is 10.6 Å². The smallest absolute Gasteiger partial charge is 0.0218 e.